The number of phenolic OH excluding ortho intramolecular Hbond substituents is 1. The zero-order valence-corrected chi connectivity index (χ0v) is 16.2. The van der Waals surface area contributed by atoms with Crippen LogP contribution >= 0.6 is 0 Å². The Balaban J connectivity index is 1.57. The van der Waals surface area contributed by atoms with E-state index in [1.165, 1.54) is 12.1 Å². The number of likely N-dealkylation sites (tertiary alicyclic amines) is 1. The number of aromatic hydroxyl groups is 1. The van der Waals surface area contributed by atoms with Crippen LogP contribution in [-0.2, 0) is 0 Å². The van der Waals surface area contributed by atoms with Crippen molar-refractivity contribution in [2.75, 3.05) is 25.5 Å². The summed E-state index contributed by atoms with van der Waals surface area (Å²) in [6.45, 7) is 1.90. The van der Waals surface area contributed by atoms with E-state index in [4.69, 9.17) is 0 Å². The van der Waals surface area contributed by atoms with Crippen LogP contribution in [0.3, 0.4) is 0 Å². The molecule has 6 nitrogen and oxygen atoms in total. The van der Waals surface area contributed by atoms with Crippen LogP contribution in [0, 0.1) is 11.6 Å². The molecular formula is C21H23F2N5O. The zero-order chi connectivity index (χ0) is 20.1. The maximum absolute atomic E-state index is 14.9. The van der Waals surface area contributed by atoms with E-state index < -0.39 is 11.6 Å². The second-order valence-corrected chi connectivity index (χ2v) is 8.17. The van der Waals surface area contributed by atoms with Gasteiger partial charge in [0.25, 0.3) is 0 Å². The average Bonchev–Trinajstić information content (AvgIpc) is 3.46. The van der Waals surface area contributed by atoms with Gasteiger partial charge >= 0.3 is 0 Å². The topological polar surface area (TPSA) is 65.7 Å². The number of aromatic nitrogens is 3. The molecule has 0 radical (unpaired) electrons. The summed E-state index contributed by atoms with van der Waals surface area (Å²) in [5.74, 6) is -0.691. The molecule has 1 saturated heterocycles. The van der Waals surface area contributed by atoms with E-state index in [9.17, 15) is 13.9 Å². The van der Waals surface area contributed by atoms with Gasteiger partial charge in [-0.05, 0) is 69.0 Å². The monoisotopic (exact) mass is 399 g/mol. The Kier molecular flexibility index (Phi) is 4.38. The Labute approximate surface area is 167 Å². The second kappa shape index (κ2) is 6.95. The van der Waals surface area contributed by atoms with Crippen LogP contribution < -0.4 is 5.32 Å². The van der Waals surface area contributed by atoms with E-state index in [0.717, 1.165) is 44.3 Å². The normalized spacial score (nSPS) is 20.3. The summed E-state index contributed by atoms with van der Waals surface area (Å²) in [5.41, 5.74) is 0.743. The van der Waals surface area contributed by atoms with E-state index in [2.05, 4.69) is 27.5 Å². The zero-order valence-electron chi connectivity index (χ0n) is 16.2. The molecule has 0 spiro atoms. The summed E-state index contributed by atoms with van der Waals surface area (Å²) in [4.78, 5) is 2.23. The van der Waals surface area contributed by atoms with Crippen molar-refractivity contribution in [1.82, 2.24) is 19.5 Å². The fourth-order valence-corrected chi connectivity index (χ4v) is 4.24. The first-order valence-corrected chi connectivity index (χ1v) is 10.0. The molecule has 3 aromatic rings. The number of anilines is 1. The Bertz CT molecular complexity index is 1060. The van der Waals surface area contributed by atoms with E-state index >= 15 is 0 Å². The van der Waals surface area contributed by atoms with Gasteiger partial charge in [-0.25, -0.2) is 8.78 Å². The molecule has 152 valence electrons. The van der Waals surface area contributed by atoms with Crippen molar-refractivity contribution in [3.8, 4) is 17.0 Å². The first kappa shape index (κ1) is 18.3. The predicted octanol–water partition coefficient (Wildman–Crippen LogP) is 3.76. The molecule has 2 fully saturated rings. The number of likely N-dealkylation sites (N-methyl/N-ethyl adjacent to an activating group) is 1. The smallest absolute Gasteiger partial charge is 0.228 e. The fraction of sp³-hybridized carbons (Fsp3) is 0.429. The van der Waals surface area contributed by atoms with Crippen molar-refractivity contribution in [3.05, 3.63) is 41.6 Å². The van der Waals surface area contributed by atoms with Crippen LogP contribution in [-0.4, -0.2) is 50.8 Å². The molecule has 0 bridgehead atoms. The van der Waals surface area contributed by atoms with Gasteiger partial charge in [0, 0.05) is 18.8 Å². The van der Waals surface area contributed by atoms with Crippen molar-refractivity contribution in [2.45, 2.75) is 37.6 Å². The van der Waals surface area contributed by atoms with E-state index in [1.807, 2.05) is 0 Å². The maximum Gasteiger partial charge on any atom is 0.228 e. The van der Waals surface area contributed by atoms with Crippen LogP contribution in [0.1, 0.15) is 37.2 Å². The van der Waals surface area contributed by atoms with Crippen LogP contribution in [0.2, 0.25) is 0 Å². The minimum atomic E-state index is -0.613. The SMILES string of the molecule is CN1CCC[C@@H](Nc2nnc(-c3c(O)cc(C4CC4)cc3F)c3c(F)ccn23)C1. The molecule has 1 aromatic carbocycles. The molecule has 1 atom stereocenters. The number of fused-ring (bicyclic) bond motifs is 1. The first-order chi connectivity index (χ1) is 14.0. The Morgan fingerprint density at radius 3 is 2.69 bits per heavy atom. The third-order valence-corrected chi connectivity index (χ3v) is 5.87. The largest absolute Gasteiger partial charge is 0.507 e. The predicted molar refractivity (Wildman–Crippen MR) is 106 cm³/mol. The number of hydrogen-bond acceptors (Lipinski definition) is 5. The molecule has 2 aromatic heterocycles. The van der Waals surface area contributed by atoms with Gasteiger partial charge < -0.3 is 15.3 Å². The summed E-state index contributed by atoms with van der Waals surface area (Å²) < 4.78 is 31.1. The molecule has 1 saturated carbocycles. The number of phenols is 1. The summed E-state index contributed by atoms with van der Waals surface area (Å²) in [6.07, 6.45) is 5.58. The molecule has 0 unspecified atom stereocenters. The third kappa shape index (κ3) is 3.31. The van der Waals surface area contributed by atoms with Gasteiger partial charge in [-0.15, -0.1) is 10.2 Å². The third-order valence-electron chi connectivity index (χ3n) is 5.87. The number of nitrogens with one attached hydrogen (secondary N) is 1. The molecule has 2 N–H and O–H groups in total. The molecule has 29 heavy (non-hydrogen) atoms. The molecule has 5 rings (SSSR count). The van der Waals surface area contributed by atoms with Crippen molar-refractivity contribution < 1.29 is 13.9 Å². The van der Waals surface area contributed by atoms with Crippen molar-refractivity contribution in [2.24, 2.45) is 0 Å². The van der Waals surface area contributed by atoms with Crippen molar-refractivity contribution >= 4 is 11.5 Å². The highest BCUT2D eigenvalue weighted by Gasteiger charge is 2.28. The summed E-state index contributed by atoms with van der Waals surface area (Å²) in [5, 5.41) is 22.1. The molecule has 2 aliphatic rings. The summed E-state index contributed by atoms with van der Waals surface area (Å²) in [7, 11) is 2.06. The highest BCUT2D eigenvalue weighted by Crippen LogP contribution is 2.44. The lowest BCUT2D eigenvalue weighted by Gasteiger charge is -2.30. The lowest BCUT2D eigenvalue weighted by atomic mass is 10.0. The minimum Gasteiger partial charge on any atom is -0.507 e. The Morgan fingerprint density at radius 1 is 1.14 bits per heavy atom. The number of hydrogen-bond donors (Lipinski definition) is 2. The average molecular weight is 399 g/mol. The highest BCUT2D eigenvalue weighted by atomic mass is 19.1. The van der Waals surface area contributed by atoms with E-state index in [-0.39, 0.29) is 28.6 Å². The fourth-order valence-electron chi connectivity index (χ4n) is 4.24. The molecule has 3 heterocycles. The standard InChI is InChI=1S/C21H23F2N5O/c1-27-7-2-3-14(11-27)24-21-26-25-19(20-15(22)6-8-28(20)21)18-16(23)9-13(10-17(18)29)12-4-5-12/h6,8-10,12,14,29H,2-5,7,11H2,1H3,(H,24,26)/t14-/m1/s1. The van der Waals surface area contributed by atoms with Crippen molar-refractivity contribution in [1.29, 1.82) is 0 Å². The number of rotatable bonds is 4. The van der Waals surface area contributed by atoms with Crippen molar-refractivity contribution in [3.63, 3.8) is 0 Å². The molecule has 1 aliphatic carbocycles. The number of nitrogens with zero attached hydrogens (tertiary/aromatic N) is 4. The van der Waals surface area contributed by atoms with Gasteiger partial charge in [-0.2, -0.15) is 0 Å². The highest BCUT2D eigenvalue weighted by molar-refractivity contribution is 5.82. The Morgan fingerprint density at radius 2 is 1.97 bits per heavy atom. The molecule has 8 heteroatoms. The van der Waals surface area contributed by atoms with Crippen LogP contribution in [0.4, 0.5) is 14.7 Å². The molecular weight excluding hydrogens is 376 g/mol. The summed E-state index contributed by atoms with van der Waals surface area (Å²) in [6, 6.07) is 4.44. The van der Waals surface area contributed by atoms with E-state index in [0.29, 0.717) is 11.9 Å². The van der Waals surface area contributed by atoms with Gasteiger partial charge in [0.05, 0.1) is 5.56 Å². The van der Waals surface area contributed by atoms with Crippen LogP contribution in [0.5, 0.6) is 5.75 Å². The van der Waals surface area contributed by atoms with Gasteiger partial charge in [-0.3, -0.25) is 4.40 Å². The second-order valence-electron chi connectivity index (χ2n) is 8.17. The van der Waals surface area contributed by atoms with Gasteiger partial charge in [0.2, 0.25) is 5.95 Å². The number of benzene rings is 1. The maximum atomic E-state index is 14.9. The van der Waals surface area contributed by atoms with Gasteiger partial charge in [0.1, 0.15) is 22.8 Å². The lowest BCUT2D eigenvalue weighted by molar-refractivity contribution is 0.260. The number of halogens is 2. The lowest BCUT2D eigenvalue weighted by Crippen LogP contribution is -2.40. The Hall–Kier alpha value is -2.74. The van der Waals surface area contributed by atoms with E-state index in [1.54, 1.807) is 16.7 Å². The molecule has 1 aliphatic heterocycles. The minimum absolute atomic E-state index is 0.00356. The number of piperidine rings is 1. The summed E-state index contributed by atoms with van der Waals surface area (Å²) >= 11 is 0. The quantitative estimate of drug-likeness (QED) is 0.699. The van der Waals surface area contributed by atoms with Gasteiger partial charge in [0.15, 0.2) is 5.82 Å². The van der Waals surface area contributed by atoms with Gasteiger partial charge in [-0.1, -0.05) is 0 Å². The molecule has 0 amide bonds. The van der Waals surface area contributed by atoms with Crippen LogP contribution in [0.25, 0.3) is 16.8 Å². The first-order valence-electron chi connectivity index (χ1n) is 10.0. The van der Waals surface area contributed by atoms with Crippen LogP contribution in [0.15, 0.2) is 24.4 Å².